The van der Waals surface area contributed by atoms with E-state index < -0.39 is 44.9 Å². The normalized spacial score (nSPS) is 18.0. The number of thioether (sulfide) groups is 1. The molecule has 0 N–H and O–H groups in total. The van der Waals surface area contributed by atoms with Crippen LogP contribution < -0.4 is 4.74 Å². The summed E-state index contributed by atoms with van der Waals surface area (Å²) in [5.41, 5.74) is 1.01. The first kappa shape index (κ1) is 29.9. The molecule has 1 saturated heterocycles. The van der Waals surface area contributed by atoms with E-state index in [0.29, 0.717) is 16.4 Å². The van der Waals surface area contributed by atoms with Crippen molar-refractivity contribution >= 4 is 44.5 Å². The Morgan fingerprint density at radius 3 is 2.42 bits per heavy atom. The van der Waals surface area contributed by atoms with Gasteiger partial charge in [0.25, 0.3) is 21.7 Å². The minimum absolute atomic E-state index is 0.0586. The number of non-ortho nitro benzene ring substituents is 1. The van der Waals surface area contributed by atoms with Gasteiger partial charge in [0.1, 0.15) is 35.1 Å². The molecular formula is C29H25N3O9S2. The number of nitro benzene ring substituents is 1. The molecule has 2 heterocycles. The van der Waals surface area contributed by atoms with Crippen LogP contribution in [0.3, 0.4) is 0 Å². The number of hydrogen-bond donors (Lipinski definition) is 0. The van der Waals surface area contributed by atoms with E-state index >= 15 is 0 Å². The molecule has 2 atom stereocenters. The number of β-lactam (4-membered cyclic amide) rings is 1. The molecule has 2 unspecified atom stereocenters. The maximum atomic E-state index is 13.2. The van der Waals surface area contributed by atoms with Gasteiger partial charge in [-0.15, -0.1) is 0 Å². The van der Waals surface area contributed by atoms with Gasteiger partial charge in [-0.25, -0.2) is 4.79 Å². The van der Waals surface area contributed by atoms with Gasteiger partial charge in [0.2, 0.25) is 0 Å². The highest BCUT2D eigenvalue weighted by Crippen LogP contribution is 2.41. The molecule has 0 aromatic heterocycles. The molecule has 0 saturated carbocycles. The van der Waals surface area contributed by atoms with E-state index in [1.54, 1.807) is 24.3 Å². The van der Waals surface area contributed by atoms with Crippen LogP contribution in [0, 0.1) is 17.0 Å². The zero-order valence-corrected chi connectivity index (χ0v) is 24.3. The molecule has 0 bridgehead atoms. The second kappa shape index (κ2) is 12.8. The van der Waals surface area contributed by atoms with E-state index in [9.17, 15) is 28.1 Å². The Balaban J connectivity index is 1.30. The van der Waals surface area contributed by atoms with Crippen molar-refractivity contribution < 1.29 is 36.6 Å². The molecule has 14 heteroatoms. The van der Waals surface area contributed by atoms with Crippen molar-refractivity contribution in [3.63, 3.8) is 0 Å². The molecule has 12 nitrogen and oxygen atoms in total. The SMILES string of the molecule is Cc1ccc(S(=O)(=O)OCC=C(C(=O)OCc2ccc([N+](=O)[O-])cc2)N2C(=O)C3N=C(COc4ccccc4)SC32)cc1. The number of fused-ring (bicyclic) bond motifs is 1. The summed E-state index contributed by atoms with van der Waals surface area (Å²) in [6, 6.07) is 19.9. The third-order valence-electron chi connectivity index (χ3n) is 6.46. The van der Waals surface area contributed by atoms with Crippen LogP contribution in [0.15, 0.2) is 101 Å². The van der Waals surface area contributed by atoms with Crippen LogP contribution >= 0.6 is 11.8 Å². The molecule has 222 valence electrons. The number of likely N-dealkylation sites (tertiary alicyclic amines) is 1. The number of amides is 1. The van der Waals surface area contributed by atoms with Gasteiger partial charge in [0, 0.05) is 12.1 Å². The molecule has 2 aliphatic rings. The quantitative estimate of drug-likeness (QED) is 0.0722. The zero-order chi connectivity index (χ0) is 30.6. The van der Waals surface area contributed by atoms with E-state index in [0.717, 1.165) is 5.56 Å². The monoisotopic (exact) mass is 623 g/mol. The highest BCUT2D eigenvalue weighted by atomic mass is 32.2. The summed E-state index contributed by atoms with van der Waals surface area (Å²) in [4.78, 5) is 42.3. The van der Waals surface area contributed by atoms with E-state index in [2.05, 4.69) is 4.99 Å². The standard InChI is InChI=1S/C29H25N3O9S2/c1-19-7-13-23(14-8-19)43(37,38)41-16-15-24(29(34)40-17-20-9-11-21(12-10-20)32(35)36)31-27(33)26-28(31)42-25(30-26)18-39-22-5-3-2-4-6-22/h2-15,26,28H,16-18H2,1H3. The van der Waals surface area contributed by atoms with Crippen molar-refractivity contribution in [2.45, 2.75) is 29.8 Å². The third-order valence-corrected chi connectivity index (χ3v) is 8.96. The van der Waals surface area contributed by atoms with Crippen LogP contribution in [-0.2, 0) is 35.2 Å². The van der Waals surface area contributed by atoms with Gasteiger partial charge in [0.05, 0.1) is 16.4 Å². The van der Waals surface area contributed by atoms with Gasteiger partial charge in [-0.1, -0.05) is 47.7 Å². The van der Waals surface area contributed by atoms with Crippen LogP contribution in [0.4, 0.5) is 5.69 Å². The molecule has 43 heavy (non-hydrogen) atoms. The highest BCUT2D eigenvalue weighted by molar-refractivity contribution is 8.15. The lowest BCUT2D eigenvalue weighted by molar-refractivity contribution is -0.384. The van der Waals surface area contributed by atoms with Crippen LogP contribution in [0.2, 0.25) is 0 Å². The largest absolute Gasteiger partial charge is 0.487 e. The number of aryl methyl sites for hydroxylation is 1. The first-order valence-corrected chi connectivity index (χ1v) is 15.2. The Bertz CT molecular complexity index is 1690. The minimum Gasteiger partial charge on any atom is -0.487 e. The maximum Gasteiger partial charge on any atom is 0.355 e. The zero-order valence-electron chi connectivity index (χ0n) is 22.7. The highest BCUT2D eigenvalue weighted by Gasteiger charge is 2.55. The Morgan fingerprint density at radius 1 is 1.05 bits per heavy atom. The molecule has 0 spiro atoms. The first-order valence-electron chi connectivity index (χ1n) is 12.9. The molecule has 5 rings (SSSR count). The van der Waals surface area contributed by atoms with Crippen molar-refractivity contribution in [1.29, 1.82) is 0 Å². The molecule has 2 aliphatic heterocycles. The summed E-state index contributed by atoms with van der Waals surface area (Å²) in [7, 11) is -4.15. The summed E-state index contributed by atoms with van der Waals surface area (Å²) in [5.74, 6) is -0.737. The lowest BCUT2D eigenvalue weighted by Gasteiger charge is -2.41. The van der Waals surface area contributed by atoms with Crippen LogP contribution in [-0.4, -0.2) is 59.8 Å². The van der Waals surface area contributed by atoms with Gasteiger partial charge < -0.3 is 9.47 Å². The van der Waals surface area contributed by atoms with Gasteiger partial charge in [-0.05, 0) is 55.0 Å². The third kappa shape index (κ3) is 6.93. The molecule has 1 amide bonds. The Kier molecular flexibility index (Phi) is 8.89. The summed E-state index contributed by atoms with van der Waals surface area (Å²) in [6.45, 7) is 1.15. The van der Waals surface area contributed by atoms with E-state index in [-0.39, 0.29) is 29.5 Å². The van der Waals surface area contributed by atoms with Crippen LogP contribution in [0.5, 0.6) is 5.75 Å². The maximum absolute atomic E-state index is 13.2. The van der Waals surface area contributed by atoms with Gasteiger partial charge in [0.15, 0.2) is 6.04 Å². The summed E-state index contributed by atoms with van der Waals surface area (Å²) in [6.07, 6.45) is 1.18. The lowest BCUT2D eigenvalue weighted by atomic mass is 10.1. The second-order valence-corrected chi connectivity index (χ2v) is 12.2. The number of para-hydroxylation sites is 1. The number of nitro groups is 1. The average molecular weight is 624 g/mol. The minimum atomic E-state index is -4.15. The van der Waals surface area contributed by atoms with E-state index in [1.165, 1.54) is 59.1 Å². The fourth-order valence-electron chi connectivity index (χ4n) is 4.19. The van der Waals surface area contributed by atoms with Crippen molar-refractivity contribution in [3.05, 3.63) is 112 Å². The number of carbonyl (C=O) groups excluding carboxylic acids is 2. The molecular weight excluding hydrogens is 598 g/mol. The predicted molar refractivity (Wildman–Crippen MR) is 157 cm³/mol. The first-order chi connectivity index (χ1) is 20.6. The van der Waals surface area contributed by atoms with Crippen molar-refractivity contribution in [1.82, 2.24) is 4.90 Å². The number of rotatable bonds is 12. The topological polar surface area (TPSA) is 155 Å². The van der Waals surface area contributed by atoms with Gasteiger partial charge in [-0.3, -0.25) is 29.0 Å². The van der Waals surface area contributed by atoms with Crippen LogP contribution in [0.25, 0.3) is 0 Å². The second-order valence-electron chi connectivity index (χ2n) is 9.43. The number of hydrogen-bond acceptors (Lipinski definition) is 11. The smallest absolute Gasteiger partial charge is 0.355 e. The number of aliphatic imine (C=N–C) groups is 1. The van der Waals surface area contributed by atoms with E-state index in [1.807, 2.05) is 25.1 Å². The van der Waals surface area contributed by atoms with Crippen molar-refractivity contribution in [2.75, 3.05) is 13.2 Å². The summed E-state index contributed by atoms with van der Waals surface area (Å²) < 4.78 is 41.6. The van der Waals surface area contributed by atoms with Crippen LogP contribution in [0.1, 0.15) is 11.1 Å². The van der Waals surface area contributed by atoms with Crippen molar-refractivity contribution in [2.24, 2.45) is 4.99 Å². The number of carbonyl (C=O) groups is 2. The van der Waals surface area contributed by atoms with E-state index in [4.69, 9.17) is 13.7 Å². The number of esters is 1. The number of nitrogens with zero attached hydrogens (tertiary/aromatic N) is 3. The molecule has 3 aromatic carbocycles. The average Bonchev–Trinajstić information content (AvgIpc) is 3.38. The summed E-state index contributed by atoms with van der Waals surface area (Å²) >= 11 is 1.25. The molecule has 3 aromatic rings. The predicted octanol–water partition coefficient (Wildman–Crippen LogP) is 4.00. The fourth-order valence-corrected chi connectivity index (χ4v) is 6.25. The Labute approximate surface area is 251 Å². The van der Waals surface area contributed by atoms with Gasteiger partial charge in [-0.2, -0.15) is 8.42 Å². The fraction of sp³-hybridized carbons (Fsp3) is 0.207. The lowest BCUT2D eigenvalue weighted by Crippen LogP contribution is -2.61. The Morgan fingerprint density at radius 2 is 1.74 bits per heavy atom. The molecule has 0 aliphatic carbocycles. The van der Waals surface area contributed by atoms with Crippen molar-refractivity contribution in [3.8, 4) is 5.75 Å². The molecule has 0 radical (unpaired) electrons. The summed E-state index contributed by atoms with van der Waals surface area (Å²) in [5, 5.41) is 10.9. The van der Waals surface area contributed by atoms with Gasteiger partial charge >= 0.3 is 5.97 Å². The number of benzene rings is 3. The number of ether oxygens (including phenoxy) is 2. The Hall–Kier alpha value is -4.53. The molecule has 1 fully saturated rings.